The molecule has 0 aromatic carbocycles. The molecule has 0 bridgehead atoms. The van der Waals surface area contributed by atoms with Gasteiger partial charge in [0.25, 0.3) is 5.56 Å². The average Bonchev–Trinajstić information content (AvgIpc) is 2.81. The molecule has 126 valence electrons. The molecular weight excluding hydrogens is 336 g/mol. The molecule has 1 aliphatic rings. The van der Waals surface area contributed by atoms with E-state index in [0.717, 1.165) is 41.5 Å². The van der Waals surface area contributed by atoms with Gasteiger partial charge in [0.05, 0.1) is 5.39 Å². The average molecular weight is 357 g/mol. The van der Waals surface area contributed by atoms with Crippen LogP contribution in [-0.4, -0.2) is 47.0 Å². The van der Waals surface area contributed by atoms with Gasteiger partial charge in [0.2, 0.25) is 5.91 Å². The Hall–Kier alpha value is -1.44. The van der Waals surface area contributed by atoms with E-state index in [1.165, 1.54) is 11.3 Å². The Morgan fingerprint density at radius 1 is 1.30 bits per heavy atom. The first kappa shape index (κ1) is 17.9. The quantitative estimate of drug-likeness (QED) is 0.871. The SMILES string of the molecule is Cc1sc2nc(CCC(=O)N3CCNCC3)[nH]c(=O)c2c1C.Cl. The summed E-state index contributed by atoms with van der Waals surface area (Å²) in [6.45, 7) is 7.14. The molecule has 2 aromatic rings. The highest BCUT2D eigenvalue weighted by Gasteiger charge is 2.17. The van der Waals surface area contributed by atoms with Crippen LogP contribution in [0.4, 0.5) is 0 Å². The Balaban J connectivity index is 0.00000192. The molecule has 8 heteroatoms. The number of carbonyl (C=O) groups excluding carboxylic acids is 1. The van der Waals surface area contributed by atoms with Crippen LogP contribution in [0.5, 0.6) is 0 Å². The molecule has 1 aliphatic heterocycles. The number of aryl methyl sites for hydroxylation is 3. The summed E-state index contributed by atoms with van der Waals surface area (Å²) in [5, 5.41) is 3.91. The number of rotatable bonds is 3. The maximum absolute atomic E-state index is 12.2. The van der Waals surface area contributed by atoms with Gasteiger partial charge in [0.1, 0.15) is 10.7 Å². The summed E-state index contributed by atoms with van der Waals surface area (Å²) < 4.78 is 0. The van der Waals surface area contributed by atoms with Crippen molar-refractivity contribution in [3.05, 3.63) is 26.6 Å². The molecule has 0 radical (unpaired) electrons. The lowest BCUT2D eigenvalue weighted by atomic mass is 10.2. The fraction of sp³-hybridized carbons (Fsp3) is 0.533. The molecule has 0 unspecified atom stereocenters. The van der Waals surface area contributed by atoms with Crippen molar-refractivity contribution in [1.29, 1.82) is 0 Å². The second kappa shape index (κ2) is 7.42. The van der Waals surface area contributed by atoms with Crippen LogP contribution in [0.25, 0.3) is 10.2 Å². The lowest BCUT2D eigenvalue weighted by molar-refractivity contribution is -0.131. The van der Waals surface area contributed by atoms with E-state index in [9.17, 15) is 9.59 Å². The minimum atomic E-state index is -0.100. The van der Waals surface area contributed by atoms with Crippen molar-refractivity contribution in [3.8, 4) is 0 Å². The third kappa shape index (κ3) is 3.73. The van der Waals surface area contributed by atoms with Gasteiger partial charge < -0.3 is 15.2 Å². The van der Waals surface area contributed by atoms with Gasteiger partial charge in [0, 0.05) is 43.9 Å². The summed E-state index contributed by atoms with van der Waals surface area (Å²) in [4.78, 5) is 35.4. The van der Waals surface area contributed by atoms with Gasteiger partial charge in [-0.25, -0.2) is 4.98 Å². The van der Waals surface area contributed by atoms with Crippen LogP contribution in [0.15, 0.2) is 4.79 Å². The lowest BCUT2D eigenvalue weighted by Gasteiger charge is -2.27. The monoisotopic (exact) mass is 356 g/mol. The molecule has 1 fully saturated rings. The van der Waals surface area contributed by atoms with E-state index in [1.54, 1.807) is 0 Å². The molecule has 3 rings (SSSR count). The number of hydrogen-bond acceptors (Lipinski definition) is 5. The van der Waals surface area contributed by atoms with E-state index in [4.69, 9.17) is 0 Å². The fourth-order valence-electron chi connectivity index (χ4n) is 2.72. The first-order valence-corrected chi connectivity index (χ1v) is 8.35. The number of piperazine rings is 1. The van der Waals surface area contributed by atoms with E-state index in [1.807, 2.05) is 18.7 Å². The standard InChI is InChI=1S/C15H20N4O2S.ClH/c1-9-10(2)22-15-13(9)14(21)17-11(18-15)3-4-12(20)19-7-5-16-6-8-19;/h16H,3-8H2,1-2H3,(H,17,18,21);1H. The molecule has 0 atom stereocenters. The summed E-state index contributed by atoms with van der Waals surface area (Å²) >= 11 is 1.53. The van der Waals surface area contributed by atoms with Crippen molar-refractivity contribution in [2.45, 2.75) is 26.7 Å². The number of aromatic nitrogens is 2. The first-order chi connectivity index (χ1) is 10.6. The Morgan fingerprint density at radius 2 is 2.00 bits per heavy atom. The molecule has 23 heavy (non-hydrogen) atoms. The summed E-state index contributed by atoms with van der Waals surface area (Å²) in [6, 6.07) is 0. The van der Waals surface area contributed by atoms with Crippen molar-refractivity contribution in [2.75, 3.05) is 26.2 Å². The summed E-state index contributed by atoms with van der Waals surface area (Å²) in [7, 11) is 0. The first-order valence-electron chi connectivity index (χ1n) is 7.53. The van der Waals surface area contributed by atoms with Crippen molar-refractivity contribution in [1.82, 2.24) is 20.2 Å². The summed E-state index contributed by atoms with van der Waals surface area (Å²) in [5.74, 6) is 0.727. The number of hydrogen-bond donors (Lipinski definition) is 2. The van der Waals surface area contributed by atoms with E-state index < -0.39 is 0 Å². The van der Waals surface area contributed by atoms with Crippen molar-refractivity contribution in [2.24, 2.45) is 0 Å². The van der Waals surface area contributed by atoms with E-state index in [-0.39, 0.29) is 23.9 Å². The highest BCUT2D eigenvalue weighted by atomic mass is 35.5. The number of aromatic amines is 1. The third-order valence-corrected chi connectivity index (χ3v) is 5.23. The van der Waals surface area contributed by atoms with E-state index in [0.29, 0.717) is 24.1 Å². The van der Waals surface area contributed by atoms with Gasteiger partial charge in [-0.3, -0.25) is 9.59 Å². The molecule has 3 heterocycles. The Labute approximate surface area is 144 Å². The molecule has 0 saturated carbocycles. The zero-order valence-electron chi connectivity index (χ0n) is 13.3. The van der Waals surface area contributed by atoms with Gasteiger partial charge in [-0.1, -0.05) is 0 Å². The van der Waals surface area contributed by atoms with Crippen LogP contribution in [0, 0.1) is 13.8 Å². The van der Waals surface area contributed by atoms with Gasteiger partial charge in [0.15, 0.2) is 0 Å². The van der Waals surface area contributed by atoms with Crippen molar-refractivity contribution < 1.29 is 4.79 Å². The van der Waals surface area contributed by atoms with Gasteiger partial charge in [-0.15, -0.1) is 23.7 Å². The molecule has 0 aliphatic carbocycles. The summed E-state index contributed by atoms with van der Waals surface area (Å²) in [5.41, 5.74) is 0.897. The highest BCUT2D eigenvalue weighted by Crippen LogP contribution is 2.25. The smallest absolute Gasteiger partial charge is 0.259 e. The highest BCUT2D eigenvalue weighted by molar-refractivity contribution is 7.18. The molecule has 2 aromatic heterocycles. The maximum Gasteiger partial charge on any atom is 0.259 e. The second-order valence-corrected chi connectivity index (χ2v) is 6.81. The van der Waals surface area contributed by atoms with Gasteiger partial charge in [-0.05, 0) is 19.4 Å². The maximum atomic E-state index is 12.2. The van der Waals surface area contributed by atoms with Crippen LogP contribution in [0.2, 0.25) is 0 Å². The lowest BCUT2D eigenvalue weighted by Crippen LogP contribution is -2.46. The zero-order chi connectivity index (χ0) is 15.7. The zero-order valence-corrected chi connectivity index (χ0v) is 14.9. The minimum absolute atomic E-state index is 0. The van der Waals surface area contributed by atoms with Crippen LogP contribution >= 0.6 is 23.7 Å². The number of fused-ring (bicyclic) bond motifs is 1. The Kier molecular flexibility index (Phi) is 5.78. The minimum Gasteiger partial charge on any atom is -0.340 e. The predicted molar refractivity (Wildman–Crippen MR) is 94.7 cm³/mol. The predicted octanol–water partition coefficient (Wildman–Crippen LogP) is 1.39. The number of amides is 1. The number of halogens is 1. The largest absolute Gasteiger partial charge is 0.340 e. The second-order valence-electron chi connectivity index (χ2n) is 5.61. The Morgan fingerprint density at radius 3 is 2.70 bits per heavy atom. The van der Waals surface area contributed by atoms with Crippen LogP contribution in [0.3, 0.4) is 0 Å². The molecule has 1 amide bonds. The third-order valence-electron chi connectivity index (χ3n) is 4.13. The number of H-pyrrole nitrogens is 1. The molecule has 2 N–H and O–H groups in total. The fourth-order valence-corrected chi connectivity index (χ4v) is 3.76. The van der Waals surface area contributed by atoms with Crippen LogP contribution in [0.1, 0.15) is 22.7 Å². The van der Waals surface area contributed by atoms with E-state index in [2.05, 4.69) is 15.3 Å². The van der Waals surface area contributed by atoms with Crippen LogP contribution in [-0.2, 0) is 11.2 Å². The molecule has 0 spiro atoms. The molecular formula is C15H21ClN4O2S. The number of thiophene rings is 1. The molecule has 1 saturated heterocycles. The summed E-state index contributed by atoms with van der Waals surface area (Å²) in [6.07, 6.45) is 0.863. The Bertz CT molecular complexity index is 765. The van der Waals surface area contributed by atoms with Gasteiger partial charge >= 0.3 is 0 Å². The van der Waals surface area contributed by atoms with Gasteiger partial charge in [-0.2, -0.15) is 0 Å². The molecule has 6 nitrogen and oxygen atoms in total. The van der Waals surface area contributed by atoms with Crippen molar-refractivity contribution in [3.63, 3.8) is 0 Å². The number of carbonyl (C=O) groups is 1. The normalized spacial score (nSPS) is 14.8. The number of nitrogens with one attached hydrogen (secondary N) is 2. The number of nitrogens with zero attached hydrogens (tertiary/aromatic N) is 2. The van der Waals surface area contributed by atoms with Crippen molar-refractivity contribution >= 4 is 39.9 Å². The van der Waals surface area contributed by atoms with E-state index >= 15 is 0 Å². The topological polar surface area (TPSA) is 78.1 Å². The van der Waals surface area contributed by atoms with Crippen LogP contribution < -0.4 is 10.9 Å².